The van der Waals surface area contributed by atoms with E-state index in [4.69, 9.17) is 9.47 Å². The lowest BCUT2D eigenvalue weighted by Gasteiger charge is -2.55. The number of nitrogens with zero attached hydrogens (tertiary/aromatic N) is 1. The maximum absolute atomic E-state index is 6.43. The van der Waals surface area contributed by atoms with Gasteiger partial charge in [0.15, 0.2) is 0 Å². The molecule has 2 saturated carbocycles. The van der Waals surface area contributed by atoms with Crippen LogP contribution in [0, 0.1) is 30.6 Å². The van der Waals surface area contributed by atoms with Crippen molar-refractivity contribution in [3.63, 3.8) is 0 Å². The lowest BCUT2D eigenvalue weighted by Crippen LogP contribution is -2.68. The molecule has 1 aromatic rings. The molecule has 5 nitrogen and oxygen atoms in total. The fourth-order valence-corrected chi connectivity index (χ4v) is 7.76. The van der Waals surface area contributed by atoms with Crippen molar-refractivity contribution in [1.82, 2.24) is 15.5 Å². The van der Waals surface area contributed by atoms with Crippen molar-refractivity contribution in [3.8, 4) is 0 Å². The first-order valence-electron chi connectivity index (χ1n) is 14.6. The van der Waals surface area contributed by atoms with E-state index in [0.717, 1.165) is 50.0 Å². The van der Waals surface area contributed by atoms with Gasteiger partial charge in [0.25, 0.3) is 0 Å². The van der Waals surface area contributed by atoms with Crippen LogP contribution < -0.4 is 10.6 Å². The largest absolute Gasteiger partial charge is 0.380 e. The van der Waals surface area contributed by atoms with Crippen LogP contribution >= 0.6 is 0 Å². The fraction of sp³-hybridized carbons (Fsp3) is 0.800. The van der Waals surface area contributed by atoms with E-state index in [-0.39, 0.29) is 0 Å². The van der Waals surface area contributed by atoms with Gasteiger partial charge in [0, 0.05) is 25.2 Å². The van der Waals surface area contributed by atoms with E-state index in [1.165, 1.54) is 69.2 Å². The third kappa shape index (κ3) is 6.30. The van der Waals surface area contributed by atoms with Gasteiger partial charge in [0.1, 0.15) is 0 Å². The van der Waals surface area contributed by atoms with Crippen molar-refractivity contribution in [2.45, 2.75) is 96.7 Å². The molecule has 0 bridgehead atoms. The highest BCUT2D eigenvalue weighted by molar-refractivity contribution is 5.20. The predicted molar refractivity (Wildman–Crippen MR) is 142 cm³/mol. The first-order valence-corrected chi connectivity index (χ1v) is 14.6. The number of rotatable bonds is 8. The normalized spacial score (nSPS) is 36.5. The third-order valence-electron chi connectivity index (χ3n) is 9.64. The van der Waals surface area contributed by atoms with Gasteiger partial charge >= 0.3 is 0 Å². The zero-order chi connectivity index (χ0) is 24.2. The van der Waals surface area contributed by atoms with Gasteiger partial charge in [-0.05, 0) is 108 Å². The Labute approximate surface area is 213 Å². The van der Waals surface area contributed by atoms with Crippen LogP contribution in [0.4, 0.5) is 0 Å². The molecule has 2 heterocycles. The Morgan fingerprint density at radius 3 is 2.40 bits per heavy atom. The quantitative estimate of drug-likeness (QED) is 0.524. The number of hydrogen-bond donors (Lipinski definition) is 2. The molecule has 7 atom stereocenters. The van der Waals surface area contributed by atoms with Crippen molar-refractivity contribution >= 4 is 0 Å². The number of nitrogens with one attached hydrogen (secondary N) is 2. The second kappa shape index (κ2) is 12.0. The summed E-state index contributed by atoms with van der Waals surface area (Å²) < 4.78 is 12.0. The summed E-state index contributed by atoms with van der Waals surface area (Å²) in [5, 5.41) is 8.05. The maximum atomic E-state index is 6.43. The van der Waals surface area contributed by atoms with E-state index in [0.29, 0.717) is 24.4 Å². The summed E-state index contributed by atoms with van der Waals surface area (Å²) >= 11 is 0. The number of hydrogen-bond acceptors (Lipinski definition) is 5. The van der Waals surface area contributed by atoms with Crippen LogP contribution in [0.2, 0.25) is 0 Å². The lowest BCUT2D eigenvalue weighted by molar-refractivity contribution is -0.0564. The Hall–Kier alpha value is -0.980. The molecule has 7 unspecified atom stereocenters. The van der Waals surface area contributed by atoms with Crippen molar-refractivity contribution < 1.29 is 9.47 Å². The van der Waals surface area contributed by atoms with Crippen molar-refractivity contribution in [1.29, 1.82) is 0 Å². The van der Waals surface area contributed by atoms with E-state index in [1.54, 1.807) is 0 Å². The van der Waals surface area contributed by atoms with Gasteiger partial charge in [-0.2, -0.15) is 0 Å². The molecule has 2 aliphatic heterocycles. The number of aryl methyl sites for hydroxylation is 1. The molecular weight excluding hydrogens is 434 g/mol. The van der Waals surface area contributed by atoms with E-state index in [2.05, 4.69) is 60.6 Å². The number of likely N-dealkylation sites (tertiary alicyclic amines) is 1. The molecule has 2 saturated heterocycles. The van der Waals surface area contributed by atoms with E-state index in [9.17, 15) is 0 Å². The molecule has 196 valence electrons. The molecule has 5 heteroatoms. The molecule has 0 radical (unpaired) electrons. The van der Waals surface area contributed by atoms with Gasteiger partial charge in [-0.3, -0.25) is 10.6 Å². The Balaban J connectivity index is 1.14. The van der Waals surface area contributed by atoms with Crippen LogP contribution in [-0.2, 0) is 16.1 Å². The Kier molecular flexibility index (Phi) is 8.83. The van der Waals surface area contributed by atoms with Crippen LogP contribution in [-0.4, -0.2) is 62.1 Å². The third-order valence-corrected chi connectivity index (χ3v) is 9.64. The molecule has 5 rings (SSSR count). The topological polar surface area (TPSA) is 45.8 Å². The van der Waals surface area contributed by atoms with Crippen molar-refractivity contribution in [2.24, 2.45) is 23.7 Å². The lowest BCUT2D eigenvalue weighted by atomic mass is 9.60. The summed E-state index contributed by atoms with van der Waals surface area (Å²) in [4.78, 5) is 2.61. The zero-order valence-corrected chi connectivity index (χ0v) is 22.4. The highest BCUT2D eigenvalue weighted by Gasteiger charge is 2.49. The fourth-order valence-electron chi connectivity index (χ4n) is 7.76. The van der Waals surface area contributed by atoms with Gasteiger partial charge in [0.05, 0.1) is 25.5 Å². The highest BCUT2D eigenvalue weighted by Crippen LogP contribution is 2.47. The number of piperidine rings is 1. The van der Waals surface area contributed by atoms with Crippen LogP contribution in [0.25, 0.3) is 0 Å². The Morgan fingerprint density at radius 1 is 0.886 bits per heavy atom. The summed E-state index contributed by atoms with van der Waals surface area (Å²) in [5.74, 6) is 3.26. The summed E-state index contributed by atoms with van der Waals surface area (Å²) in [6, 6.07) is 10.2. The van der Waals surface area contributed by atoms with Gasteiger partial charge in [-0.15, -0.1) is 0 Å². The van der Waals surface area contributed by atoms with Crippen molar-refractivity contribution in [3.05, 3.63) is 35.4 Å². The van der Waals surface area contributed by atoms with Crippen LogP contribution in [0.1, 0.15) is 69.9 Å². The smallest absolute Gasteiger partial charge is 0.0720 e. The van der Waals surface area contributed by atoms with E-state index in [1.807, 2.05) is 0 Å². The number of benzene rings is 1. The average molecular weight is 484 g/mol. The molecule has 0 aromatic heterocycles. The minimum absolute atomic E-state index is 0.423. The highest BCUT2D eigenvalue weighted by atomic mass is 16.5. The first-order chi connectivity index (χ1) is 17.1. The second-order valence-electron chi connectivity index (χ2n) is 11.9. The van der Waals surface area contributed by atoms with Crippen molar-refractivity contribution in [2.75, 3.05) is 32.8 Å². The number of ether oxygens (including phenoxy) is 2. The maximum Gasteiger partial charge on any atom is 0.0720 e. The van der Waals surface area contributed by atoms with Crippen LogP contribution in [0.5, 0.6) is 0 Å². The van der Waals surface area contributed by atoms with E-state index < -0.39 is 0 Å². The summed E-state index contributed by atoms with van der Waals surface area (Å²) in [6.45, 7) is 12.6. The Morgan fingerprint density at radius 2 is 1.63 bits per heavy atom. The summed E-state index contributed by atoms with van der Waals surface area (Å²) in [7, 11) is 0. The van der Waals surface area contributed by atoms with E-state index >= 15 is 0 Å². The minimum atomic E-state index is 0.423. The molecule has 0 spiro atoms. The molecule has 4 aliphatic rings. The first kappa shape index (κ1) is 25.7. The average Bonchev–Trinajstić information content (AvgIpc) is 2.88. The van der Waals surface area contributed by atoms with Gasteiger partial charge < -0.3 is 14.4 Å². The molecule has 2 N–H and O–H groups in total. The van der Waals surface area contributed by atoms with Gasteiger partial charge in [-0.1, -0.05) is 29.8 Å². The SMILES string of the molecule is CCOCCN1CCC(C2NC(C)NC3C4CCC(OCc5ccc(C)cc5)CC4CCC23)CC1. The molecule has 4 fully saturated rings. The summed E-state index contributed by atoms with van der Waals surface area (Å²) in [6.07, 6.45) is 10.1. The molecule has 1 aromatic carbocycles. The Bertz CT molecular complexity index is 778. The standard InChI is InChI=1S/C30H49N3O2/c1-4-34-18-17-33-15-13-24(14-16-33)29-28-11-9-25-19-26(35-20-23-7-5-21(2)6-8-23)10-12-27(25)30(28)32-22(3)31-29/h5-8,22,24-32H,4,9-20H2,1-3H3. The number of fused-ring (bicyclic) bond motifs is 3. The monoisotopic (exact) mass is 483 g/mol. The predicted octanol–water partition coefficient (Wildman–Crippen LogP) is 4.73. The minimum Gasteiger partial charge on any atom is -0.380 e. The van der Waals surface area contributed by atoms with Gasteiger partial charge in [-0.25, -0.2) is 0 Å². The molecule has 35 heavy (non-hydrogen) atoms. The van der Waals surface area contributed by atoms with Crippen LogP contribution in [0.15, 0.2) is 24.3 Å². The molecular formula is C30H49N3O2. The van der Waals surface area contributed by atoms with Crippen LogP contribution in [0.3, 0.4) is 0 Å². The molecule has 2 aliphatic carbocycles. The summed E-state index contributed by atoms with van der Waals surface area (Å²) in [5.41, 5.74) is 2.63. The zero-order valence-electron chi connectivity index (χ0n) is 22.4. The second-order valence-corrected chi connectivity index (χ2v) is 11.9. The molecule has 0 amide bonds. The van der Waals surface area contributed by atoms with Gasteiger partial charge in [0.2, 0.25) is 0 Å².